The second-order valence-electron chi connectivity index (χ2n) is 3.15. The van der Waals surface area contributed by atoms with Gasteiger partial charge >= 0.3 is 0 Å². The number of carbonyl (C=O) groups excluding carboxylic acids is 1. The van der Waals surface area contributed by atoms with Crippen molar-refractivity contribution in [3.63, 3.8) is 0 Å². The molecule has 0 aromatic heterocycles. The van der Waals surface area contributed by atoms with Crippen LogP contribution in [0.25, 0.3) is 0 Å². The third-order valence-electron chi connectivity index (χ3n) is 1.99. The Morgan fingerprint density at radius 2 is 2.27 bits per heavy atom. The van der Waals surface area contributed by atoms with Crippen LogP contribution in [-0.4, -0.2) is 5.91 Å². The van der Waals surface area contributed by atoms with Gasteiger partial charge in [0.15, 0.2) is 0 Å². The Kier molecular flexibility index (Phi) is 3.81. The zero-order valence-electron chi connectivity index (χ0n) is 8.33. The van der Waals surface area contributed by atoms with Crippen LogP contribution >= 0.6 is 0 Å². The Labute approximate surface area is 87.5 Å². The normalized spacial score (nSPS) is 11.5. The molecule has 1 aromatic carbocycles. The lowest BCUT2D eigenvalue weighted by molar-refractivity contribution is -0.120. The Hall–Kier alpha value is -1.89. The maximum absolute atomic E-state index is 13.3. The number of amides is 1. The van der Waals surface area contributed by atoms with E-state index in [0.717, 1.165) is 0 Å². The lowest BCUT2D eigenvalue weighted by Crippen LogP contribution is -2.26. The molecule has 1 unspecified atom stereocenters. The van der Waals surface area contributed by atoms with Gasteiger partial charge in [-0.3, -0.25) is 4.79 Å². The first-order valence-corrected chi connectivity index (χ1v) is 4.56. The molecule has 15 heavy (non-hydrogen) atoms. The summed E-state index contributed by atoms with van der Waals surface area (Å²) in [5, 5.41) is 10.8. The van der Waals surface area contributed by atoms with Gasteiger partial charge in [0.25, 0.3) is 0 Å². The number of rotatable bonds is 3. The fraction of sp³-hybridized carbons (Fsp3) is 0.273. The highest BCUT2D eigenvalue weighted by Crippen LogP contribution is 2.15. The van der Waals surface area contributed by atoms with Crippen molar-refractivity contribution in [1.82, 2.24) is 5.32 Å². The lowest BCUT2D eigenvalue weighted by atomic mass is 10.1. The molecule has 0 aliphatic rings. The van der Waals surface area contributed by atoms with Crippen LogP contribution in [0.5, 0.6) is 0 Å². The summed E-state index contributed by atoms with van der Waals surface area (Å²) in [7, 11) is 0. The third kappa shape index (κ3) is 3.06. The maximum Gasteiger partial charge on any atom is 0.234 e. The van der Waals surface area contributed by atoms with E-state index < -0.39 is 11.9 Å². The van der Waals surface area contributed by atoms with Crippen molar-refractivity contribution in [3.05, 3.63) is 35.6 Å². The van der Waals surface area contributed by atoms with Crippen molar-refractivity contribution in [1.29, 1.82) is 5.26 Å². The van der Waals surface area contributed by atoms with Gasteiger partial charge in [-0.1, -0.05) is 18.2 Å². The van der Waals surface area contributed by atoms with Crippen LogP contribution in [0, 0.1) is 17.1 Å². The quantitative estimate of drug-likeness (QED) is 0.821. The molecule has 0 heterocycles. The summed E-state index contributed by atoms with van der Waals surface area (Å²) >= 11 is 0. The highest BCUT2D eigenvalue weighted by atomic mass is 19.1. The molecule has 0 fully saturated rings. The van der Waals surface area contributed by atoms with Crippen molar-refractivity contribution in [2.75, 3.05) is 0 Å². The monoisotopic (exact) mass is 206 g/mol. The molecule has 1 amide bonds. The van der Waals surface area contributed by atoms with E-state index in [1.54, 1.807) is 31.2 Å². The summed E-state index contributed by atoms with van der Waals surface area (Å²) in [6.45, 7) is 1.67. The lowest BCUT2D eigenvalue weighted by Gasteiger charge is -2.13. The van der Waals surface area contributed by atoms with Crippen LogP contribution in [0.15, 0.2) is 24.3 Å². The second kappa shape index (κ2) is 5.11. The Bertz CT molecular complexity index is 398. The molecule has 0 radical (unpaired) electrons. The van der Waals surface area contributed by atoms with E-state index >= 15 is 0 Å². The highest BCUT2D eigenvalue weighted by Gasteiger charge is 2.12. The molecule has 4 heteroatoms. The number of benzene rings is 1. The predicted octanol–water partition coefficient (Wildman–Crippen LogP) is 1.92. The maximum atomic E-state index is 13.3. The number of nitriles is 1. The number of nitrogens with one attached hydrogen (secondary N) is 1. The zero-order valence-corrected chi connectivity index (χ0v) is 8.33. The molecule has 0 saturated heterocycles. The summed E-state index contributed by atoms with van der Waals surface area (Å²) in [5.74, 6) is -0.754. The van der Waals surface area contributed by atoms with Gasteiger partial charge in [0.1, 0.15) is 12.2 Å². The number of carbonyl (C=O) groups is 1. The van der Waals surface area contributed by atoms with Crippen molar-refractivity contribution < 1.29 is 9.18 Å². The molecule has 0 spiro atoms. The molecule has 1 atom stereocenters. The minimum atomic E-state index is -0.424. The zero-order chi connectivity index (χ0) is 11.3. The summed E-state index contributed by atoms with van der Waals surface area (Å²) in [6, 6.07) is 7.53. The number of nitrogens with zero attached hydrogens (tertiary/aromatic N) is 1. The molecular weight excluding hydrogens is 195 g/mol. The summed E-state index contributed by atoms with van der Waals surface area (Å²) in [5.41, 5.74) is 0.420. The van der Waals surface area contributed by atoms with E-state index in [9.17, 15) is 9.18 Å². The van der Waals surface area contributed by atoms with E-state index in [1.807, 2.05) is 0 Å². The Balaban J connectivity index is 2.70. The van der Waals surface area contributed by atoms with E-state index in [-0.39, 0.29) is 12.2 Å². The molecule has 0 aliphatic carbocycles. The first-order chi connectivity index (χ1) is 7.15. The molecule has 78 valence electrons. The average Bonchev–Trinajstić information content (AvgIpc) is 2.18. The van der Waals surface area contributed by atoms with Gasteiger partial charge in [-0.2, -0.15) is 5.26 Å². The number of halogens is 1. The Morgan fingerprint density at radius 1 is 1.60 bits per heavy atom. The molecule has 1 rings (SSSR count). The van der Waals surface area contributed by atoms with Gasteiger partial charge in [-0.25, -0.2) is 4.39 Å². The molecule has 3 nitrogen and oxygen atoms in total. The summed E-state index contributed by atoms with van der Waals surface area (Å²) in [6.07, 6.45) is -0.210. The summed E-state index contributed by atoms with van der Waals surface area (Å²) < 4.78 is 13.3. The molecule has 0 aliphatic heterocycles. The van der Waals surface area contributed by atoms with Crippen molar-refractivity contribution in [3.8, 4) is 6.07 Å². The minimum Gasteiger partial charge on any atom is -0.349 e. The minimum absolute atomic E-state index is 0.210. The largest absolute Gasteiger partial charge is 0.349 e. The first-order valence-electron chi connectivity index (χ1n) is 4.56. The Morgan fingerprint density at radius 3 is 2.87 bits per heavy atom. The SMILES string of the molecule is CC(NC(=O)CC#N)c1ccccc1F. The molecular formula is C11H11FN2O. The van der Waals surface area contributed by atoms with Crippen molar-refractivity contribution >= 4 is 5.91 Å². The third-order valence-corrected chi connectivity index (χ3v) is 1.99. The highest BCUT2D eigenvalue weighted by molar-refractivity contribution is 5.78. The van der Waals surface area contributed by atoms with Crippen LogP contribution in [0.1, 0.15) is 24.9 Å². The average molecular weight is 206 g/mol. The molecule has 1 N–H and O–H groups in total. The fourth-order valence-corrected chi connectivity index (χ4v) is 1.27. The second-order valence-corrected chi connectivity index (χ2v) is 3.15. The van der Waals surface area contributed by atoms with Crippen LogP contribution < -0.4 is 5.32 Å². The standard InChI is InChI=1S/C11H11FN2O/c1-8(14-11(15)6-7-13)9-4-2-3-5-10(9)12/h2-5,8H,6H2,1H3,(H,14,15). The molecule has 0 bridgehead atoms. The summed E-state index contributed by atoms with van der Waals surface area (Å²) in [4.78, 5) is 11.1. The van der Waals surface area contributed by atoms with Crippen molar-refractivity contribution in [2.45, 2.75) is 19.4 Å². The van der Waals surface area contributed by atoms with E-state index in [4.69, 9.17) is 5.26 Å². The van der Waals surface area contributed by atoms with Gasteiger partial charge in [0.2, 0.25) is 5.91 Å². The van der Waals surface area contributed by atoms with Crippen LogP contribution in [0.4, 0.5) is 4.39 Å². The first kappa shape index (κ1) is 11.2. The van der Waals surface area contributed by atoms with Gasteiger partial charge < -0.3 is 5.32 Å². The van der Waals surface area contributed by atoms with E-state index in [0.29, 0.717) is 5.56 Å². The van der Waals surface area contributed by atoms with E-state index in [2.05, 4.69) is 5.32 Å². The van der Waals surface area contributed by atoms with Gasteiger partial charge in [-0.15, -0.1) is 0 Å². The molecule has 1 aromatic rings. The van der Waals surface area contributed by atoms with Crippen LogP contribution in [0.3, 0.4) is 0 Å². The number of hydrogen-bond donors (Lipinski definition) is 1. The fourth-order valence-electron chi connectivity index (χ4n) is 1.27. The van der Waals surface area contributed by atoms with Crippen LogP contribution in [-0.2, 0) is 4.79 Å². The number of hydrogen-bond acceptors (Lipinski definition) is 2. The van der Waals surface area contributed by atoms with Gasteiger partial charge in [0.05, 0.1) is 12.1 Å². The smallest absolute Gasteiger partial charge is 0.234 e. The van der Waals surface area contributed by atoms with E-state index in [1.165, 1.54) is 6.07 Å². The van der Waals surface area contributed by atoms with Gasteiger partial charge in [0, 0.05) is 5.56 Å². The topological polar surface area (TPSA) is 52.9 Å². The van der Waals surface area contributed by atoms with Crippen LogP contribution in [0.2, 0.25) is 0 Å². The molecule has 0 saturated carbocycles. The predicted molar refractivity (Wildman–Crippen MR) is 53.2 cm³/mol. The van der Waals surface area contributed by atoms with Gasteiger partial charge in [-0.05, 0) is 13.0 Å². The van der Waals surface area contributed by atoms with Crippen molar-refractivity contribution in [2.24, 2.45) is 0 Å².